The van der Waals surface area contributed by atoms with Gasteiger partial charge in [-0.25, -0.2) is 9.48 Å². The van der Waals surface area contributed by atoms with Crippen LogP contribution in [0.2, 0.25) is 0 Å². The number of nitrogens with zero attached hydrogens (tertiary/aromatic N) is 2. The second kappa shape index (κ2) is 8.67. The summed E-state index contributed by atoms with van der Waals surface area (Å²) in [6.45, 7) is 8.31. The Balaban J connectivity index is 2.05. The summed E-state index contributed by atoms with van der Waals surface area (Å²) in [5.41, 5.74) is 1.84. The van der Waals surface area contributed by atoms with E-state index < -0.39 is 0 Å². The van der Waals surface area contributed by atoms with E-state index in [0.29, 0.717) is 18.8 Å². The van der Waals surface area contributed by atoms with E-state index in [0.717, 1.165) is 11.3 Å². The number of aliphatic hydroxyl groups excluding tert-OH is 1. The van der Waals surface area contributed by atoms with Gasteiger partial charge in [-0.1, -0.05) is 37.3 Å². The van der Waals surface area contributed by atoms with Gasteiger partial charge >= 0.3 is 6.03 Å². The van der Waals surface area contributed by atoms with Crippen molar-refractivity contribution in [3.8, 4) is 11.3 Å². The molecule has 136 valence electrons. The quantitative estimate of drug-likeness (QED) is 0.717. The minimum Gasteiger partial charge on any atom is -0.393 e. The molecule has 0 aliphatic heterocycles. The van der Waals surface area contributed by atoms with Crippen LogP contribution in [0, 0.1) is 5.92 Å². The number of urea groups is 1. The van der Waals surface area contributed by atoms with Crippen molar-refractivity contribution >= 4 is 11.8 Å². The zero-order chi connectivity index (χ0) is 18.4. The molecule has 0 saturated carbocycles. The van der Waals surface area contributed by atoms with Crippen LogP contribution in [-0.4, -0.2) is 33.6 Å². The lowest BCUT2D eigenvalue weighted by molar-refractivity contribution is 0.163. The number of hydrogen-bond donors (Lipinski definition) is 3. The van der Waals surface area contributed by atoms with Gasteiger partial charge in [0.2, 0.25) is 0 Å². The molecular formula is C19H28N4O2. The first-order valence-electron chi connectivity index (χ1n) is 8.74. The van der Waals surface area contributed by atoms with Crippen LogP contribution in [0.25, 0.3) is 11.3 Å². The highest BCUT2D eigenvalue weighted by Gasteiger charge is 2.15. The summed E-state index contributed by atoms with van der Waals surface area (Å²) >= 11 is 0. The summed E-state index contributed by atoms with van der Waals surface area (Å²) in [4.78, 5) is 12.2. The number of aromatic nitrogens is 2. The van der Waals surface area contributed by atoms with Crippen LogP contribution in [0.5, 0.6) is 0 Å². The molecule has 1 aromatic carbocycles. The second-order valence-electron chi connectivity index (χ2n) is 6.84. The molecule has 0 aliphatic rings. The number of nitrogens with one attached hydrogen (secondary N) is 2. The molecular weight excluding hydrogens is 316 g/mol. The van der Waals surface area contributed by atoms with Gasteiger partial charge in [-0.05, 0) is 33.1 Å². The summed E-state index contributed by atoms with van der Waals surface area (Å²) in [5, 5.41) is 19.7. The van der Waals surface area contributed by atoms with Crippen LogP contribution in [0.1, 0.15) is 40.2 Å². The molecule has 2 rings (SSSR count). The topological polar surface area (TPSA) is 79.2 Å². The molecule has 0 aliphatic carbocycles. The Bertz CT molecular complexity index is 680. The fraction of sp³-hybridized carbons (Fsp3) is 0.474. The van der Waals surface area contributed by atoms with Gasteiger partial charge < -0.3 is 10.4 Å². The van der Waals surface area contributed by atoms with Gasteiger partial charge in [-0.2, -0.15) is 5.10 Å². The fourth-order valence-electron chi connectivity index (χ4n) is 2.72. The average molecular weight is 344 g/mol. The maximum absolute atomic E-state index is 12.2. The predicted octanol–water partition coefficient (Wildman–Crippen LogP) is 3.66. The third-order valence-electron chi connectivity index (χ3n) is 3.89. The molecule has 2 atom stereocenters. The molecule has 25 heavy (non-hydrogen) atoms. The highest BCUT2D eigenvalue weighted by Crippen LogP contribution is 2.24. The minimum atomic E-state index is -0.365. The molecule has 2 aromatic rings. The third kappa shape index (κ3) is 5.60. The van der Waals surface area contributed by atoms with Crippen LogP contribution >= 0.6 is 0 Å². The van der Waals surface area contributed by atoms with Crippen LogP contribution in [0.15, 0.2) is 36.4 Å². The predicted molar refractivity (Wildman–Crippen MR) is 101 cm³/mol. The molecule has 0 saturated heterocycles. The number of anilines is 1. The zero-order valence-corrected chi connectivity index (χ0v) is 15.4. The number of aliphatic hydroxyl groups is 1. The monoisotopic (exact) mass is 344 g/mol. The molecule has 0 spiro atoms. The standard InChI is InChI=1S/C19H28N4O2/c1-13(2)23-18(11-17(22-23)16-8-6-5-7-9-16)21-19(25)20-12-14(3)10-15(4)24/h5-9,11,13-15,24H,10,12H2,1-4H3,(H2,20,21,25). The molecule has 3 N–H and O–H groups in total. The lowest BCUT2D eigenvalue weighted by Crippen LogP contribution is -2.33. The molecule has 2 amide bonds. The number of benzene rings is 1. The normalized spacial score (nSPS) is 13.5. The summed E-state index contributed by atoms with van der Waals surface area (Å²) < 4.78 is 1.81. The van der Waals surface area contributed by atoms with Crippen molar-refractivity contribution in [1.29, 1.82) is 0 Å². The molecule has 6 nitrogen and oxygen atoms in total. The van der Waals surface area contributed by atoms with Crippen molar-refractivity contribution in [3.05, 3.63) is 36.4 Å². The average Bonchev–Trinajstić information content (AvgIpc) is 2.97. The first-order valence-corrected chi connectivity index (χ1v) is 8.74. The Labute approximate surface area is 149 Å². The van der Waals surface area contributed by atoms with Crippen molar-refractivity contribution in [2.75, 3.05) is 11.9 Å². The third-order valence-corrected chi connectivity index (χ3v) is 3.89. The highest BCUT2D eigenvalue weighted by molar-refractivity contribution is 5.89. The van der Waals surface area contributed by atoms with Crippen molar-refractivity contribution in [1.82, 2.24) is 15.1 Å². The van der Waals surface area contributed by atoms with E-state index in [1.54, 1.807) is 11.6 Å². The molecule has 1 heterocycles. The Morgan fingerprint density at radius 2 is 1.88 bits per heavy atom. The molecule has 0 fully saturated rings. The van der Waals surface area contributed by atoms with Crippen LogP contribution in [-0.2, 0) is 0 Å². The number of carbonyl (C=O) groups is 1. The van der Waals surface area contributed by atoms with Crippen LogP contribution < -0.4 is 10.6 Å². The van der Waals surface area contributed by atoms with Crippen molar-refractivity contribution in [2.45, 2.75) is 46.3 Å². The van der Waals surface area contributed by atoms with Crippen molar-refractivity contribution in [2.24, 2.45) is 5.92 Å². The maximum atomic E-state index is 12.2. The summed E-state index contributed by atoms with van der Waals surface area (Å²) in [5.74, 6) is 0.871. The van der Waals surface area contributed by atoms with Crippen molar-refractivity contribution < 1.29 is 9.90 Å². The fourth-order valence-corrected chi connectivity index (χ4v) is 2.72. The largest absolute Gasteiger partial charge is 0.393 e. The summed E-state index contributed by atoms with van der Waals surface area (Å²) in [6, 6.07) is 11.6. The van der Waals surface area contributed by atoms with Gasteiger partial charge in [0.1, 0.15) is 5.82 Å². The van der Waals surface area contributed by atoms with E-state index in [-0.39, 0.29) is 24.1 Å². The summed E-state index contributed by atoms with van der Waals surface area (Å²) in [6.07, 6.45) is 0.290. The first kappa shape index (κ1) is 19.0. The Kier molecular flexibility index (Phi) is 6.58. The molecule has 2 unspecified atom stereocenters. The number of carbonyl (C=O) groups excluding carboxylic acids is 1. The van der Waals surface area contributed by atoms with Gasteiger partial charge in [0.05, 0.1) is 11.8 Å². The Morgan fingerprint density at radius 1 is 1.20 bits per heavy atom. The van der Waals surface area contributed by atoms with E-state index >= 15 is 0 Å². The van der Waals surface area contributed by atoms with Gasteiger partial charge in [0, 0.05) is 24.2 Å². The lowest BCUT2D eigenvalue weighted by atomic mass is 10.1. The van der Waals surface area contributed by atoms with E-state index in [4.69, 9.17) is 0 Å². The first-order chi connectivity index (χ1) is 11.9. The Morgan fingerprint density at radius 3 is 2.48 bits per heavy atom. The van der Waals surface area contributed by atoms with Crippen LogP contribution in [0.3, 0.4) is 0 Å². The summed E-state index contributed by atoms with van der Waals surface area (Å²) in [7, 11) is 0. The van der Waals surface area contributed by atoms with Gasteiger partial charge in [0.15, 0.2) is 0 Å². The van der Waals surface area contributed by atoms with E-state index in [9.17, 15) is 9.90 Å². The smallest absolute Gasteiger partial charge is 0.320 e. The number of hydrogen-bond acceptors (Lipinski definition) is 3. The van der Waals surface area contributed by atoms with Crippen molar-refractivity contribution in [3.63, 3.8) is 0 Å². The van der Waals surface area contributed by atoms with Crippen LogP contribution in [0.4, 0.5) is 10.6 Å². The second-order valence-corrected chi connectivity index (χ2v) is 6.84. The number of amides is 2. The van der Waals surface area contributed by atoms with Gasteiger partial charge in [-0.3, -0.25) is 5.32 Å². The van der Waals surface area contributed by atoms with Gasteiger partial charge in [0.25, 0.3) is 0 Å². The minimum absolute atomic E-state index is 0.127. The molecule has 0 radical (unpaired) electrons. The molecule has 0 bridgehead atoms. The SMILES string of the molecule is CC(O)CC(C)CNC(=O)Nc1cc(-c2ccccc2)nn1C(C)C. The molecule has 6 heteroatoms. The van der Waals surface area contributed by atoms with Gasteiger partial charge in [-0.15, -0.1) is 0 Å². The zero-order valence-electron chi connectivity index (χ0n) is 15.4. The van der Waals surface area contributed by atoms with E-state index in [2.05, 4.69) is 15.7 Å². The van der Waals surface area contributed by atoms with E-state index in [1.165, 1.54) is 0 Å². The Hall–Kier alpha value is -2.34. The highest BCUT2D eigenvalue weighted by atomic mass is 16.3. The number of rotatable bonds is 7. The maximum Gasteiger partial charge on any atom is 0.320 e. The molecule has 1 aromatic heterocycles. The lowest BCUT2D eigenvalue weighted by Gasteiger charge is -2.15. The van der Waals surface area contributed by atoms with E-state index in [1.807, 2.05) is 57.2 Å².